The molecule has 0 aliphatic carbocycles. The summed E-state index contributed by atoms with van der Waals surface area (Å²) in [5.74, 6) is 1.80. The molecular weight excluding hydrogens is 298 g/mol. The van der Waals surface area contributed by atoms with Crippen molar-refractivity contribution >= 4 is 18.4 Å². The van der Waals surface area contributed by atoms with Crippen molar-refractivity contribution in [2.75, 3.05) is 50.7 Å². The van der Waals surface area contributed by atoms with E-state index in [2.05, 4.69) is 25.1 Å². The van der Waals surface area contributed by atoms with Crippen molar-refractivity contribution in [1.82, 2.24) is 20.2 Å². The normalized spacial score (nSPS) is 20.7. The smallest absolute Gasteiger partial charge is 0.225 e. The van der Waals surface area contributed by atoms with Crippen LogP contribution in [0.3, 0.4) is 0 Å². The van der Waals surface area contributed by atoms with Gasteiger partial charge < -0.3 is 10.2 Å². The largest absolute Gasteiger partial charge is 0.338 e. The number of nitrogens with one attached hydrogen (secondary N) is 1. The Kier molecular flexibility index (Phi) is 6.41. The molecule has 2 saturated heterocycles. The van der Waals surface area contributed by atoms with E-state index in [0.29, 0.717) is 0 Å². The van der Waals surface area contributed by atoms with Crippen molar-refractivity contribution in [1.29, 1.82) is 0 Å². The van der Waals surface area contributed by atoms with Crippen LogP contribution in [0.15, 0.2) is 6.07 Å². The molecule has 0 bridgehead atoms. The third-order valence-corrected chi connectivity index (χ3v) is 4.60. The van der Waals surface area contributed by atoms with Crippen molar-refractivity contribution < 1.29 is 0 Å². The highest BCUT2D eigenvalue weighted by atomic mass is 35.5. The quantitative estimate of drug-likeness (QED) is 0.915. The van der Waals surface area contributed by atoms with Crippen LogP contribution in [-0.4, -0.2) is 60.7 Å². The summed E-state index contributed by atoms with van der Waals surface area (Å²) in [6, 6.07) is 2.04. The summed E-state index contributed by atoms with van der Waals surface area (Å²) in [5, 5.41) is 3.45. The molecular formula is C16H28ClN5. The molecule has 1 aromatic heterocycles. The van der Waals surface area contributed by atoms with Gasteiger partial charge >= 0.3 is 0 Å². The number of anilines is 1. The minimum Gasteiger partial charge on any atom is -0.338 e. The second-order valence-corrected chi connectivity index (χ2v) is 6.43. The maximum Gasteiger partial charge on any atom is 0.225 e. The molecule has 0 atom stereocenters. The standard InChI is InChI=1S/C16H27N5.ClH/c1-13-11-14(2)19-16(18-13)21-9-7-20(8-10-21)12-15-3-5-17-6-4-15;/h11,15,17H,3-10,12H2,1-2H3;1H. The molecule has 2 aliphatic rings. The fraction of sp³-hybridized carbons (Fsp3) is 0.750. The fourth-order valence-corrected chi connectivity index (χ4v) is 3.41. The molecule has 0 aromatic carbocycles. The van der Waals surface area contributed by atoms with Gasteiger partial charge in [-0.1, -0.05) is 0 Å². The average molecular weight is 326 g/mol. The van der Waals surface area contributed by atoms with Gasteiger partial charge in [-0.2, -0.15) is 0 Å². The number of rotatable bonds is 3. The second-order valence-electron chi connectivity index (χ2n) is 6.43. The lowest BCUT2D eigenvalue weighted by molar-refractivity contribution is 0.196. The van der Waals surface area contributed by atoms with E-state index in [9.17, 15) is 0 Å². The van der Waals surface area contributed by atoms with Crippen molar-refractivity contribution in [3.8, 4) is 0 Å². The highest BCUT2D eigenvalue weighted by Gasteiger charge is 2.22. The summed E-state index contributed by atoms with van der Waals surface area (Å²) in [6.07, 6.45) is 2.67. The molecule has 0 amide bonds. The Balaban J connectivity index is 0.00000176. The Hall–Kier alpha value is -0.910. The number of piperazine rings is 1. The summed E-state index contributed by atoms with van der Waals surface area (Å²) in [6.45, 7) is 12.1. The van der Waals surface area contributed by atoms with Crippen LogP contribution in [0.25, 0.3) is 0 Å². The molecule has 2 aliphatic heterocycles. The Morgan fingerprint density at radius 3 is 2.23 bits per heavy atom. The van der Waals surface area contributed by atoms with E-state index in [1.54, 1.807) is 0 Å². The van der Waals surface area contributed by atoms with Gasteiger partial charge in [0, 0.05) is 44.1 Å². The molecule has 3 rings (SSSR count). The number of piperidine rings is 1. The Bertz CT molecular complexity index is 447. The first-order valence-corrected chi connectivity index (χ1v) is 8.21. The highest BCUT2D eigenvalue weighted by Crippen LogP contribution is 2.17. The van der Waals surface area contributed by atoms with Crippen LogP contribution in [0.2, 0.25) is 0 Å². The van der Waals surface area contributed by atoms with Gasteiger partial charge in [-0.05, 0) is 51.8 Å². The zero-order valence-electron chi connectivity index (χ0n) is 13.7. The zero-order valence-corrected chi connectivity index (χ0v) is 14.5. The van der Waals surface area contributed by atoms with Crippen LogP contribution >= 0.6 is 12.4 Å². The summed E-state index contributed by atoms with van der Waals surface area (Å²) < 4.78 is 0. The average Bonchev–Trinajstić information content (AvgIpc) is 2.48. The van der Waals surface area contributed by atoms with Crippen molar-refractivity contribution in [2.24, 2.45) is 5.92 Å². The maximum atomic E-state index is 4.59. The lowest BCUT2D eigenvalue weighted by Crippen LogP contribution is -2.49. The number of hydrogen-bond donors (Lipinski definition) is 1. The predicted molar refractivity (Wildman–Crippen MR) is 93.0 cm³/mol. The van der Waals surface area contributed by atoms with E-state index in [-0.39, 0.29) is 12.4 Å². The van der Waals surface area contributed by atoms with Crippen LogP contribution in [0.1, 0.15) is 24.2 Å². The molecule has 22 heavy (non-hydrogen) atoms. The van der Waals surface area contributed by atoms with Crippen LogP contribution in [-0.2, 0) is 0 Å². The maximum absolute atomic E-state index is 4.59. The van der Waals surface area contributed by atoms with Gasteiger partial charge in [-0.15, -0.1) is 12.4 Å². The van der Waals surface area contributed by atoms with Gasteiger partial charge in [0.25, 0.3) is 0 Å². The molecule has 6 heteroatoms. The number of nitrogens with zero attached hydrogens (tertiary/aromatic N) is 4. The van der Waals surface area contributed by atoms with Crippen LogP contribution in [0.4, 0.5) is 5.95 Å². The highest BCUT2D eigenvalue weighted by molar-refractivity contribution is 5.85. The van der Waals surface area contributed by atoms with E-state index < -0.39 is 0 Å². The van der Waals surface area contributed by atoms with E-state index in [4.69, 9.17) is 0 Å². The Morgan fingerprint density at radius 2 is 1.64 bits per heavy atom. The molecule has 3 heterocycles. The molecule has 0 unspecified atom stereocenters. The van der Waals surface area contributed by atoms with Gasteiger partial charge in [0.2, 0.25) is 5.95 Å². The Labute approximate surface area is 139 Å². The first-order chi connectivity index (χ1) is 10.2. The number of hydrogen-bond acceptors (Lipinski definition) is 5. The van der Waals surface area contributed by atoms with Crippen LogP contribution < -0.4 is 10.2 Å². The zero-order chi connectivity index (χ0) is 14.7. The topological polar surface area (TPSA) is 44.3 Å². The molecule has 2 fully saturated rings. The van der Waals surface area contributed by atoms with E-state index >= 15 is 0 Å². The minimum absolute atomic E-state index is 0. The molecule has 0 saturated carbocycles. The van der Waals surface area contributed by atoms with Crippen molar-refractivity contribution in [3.05, 3.63) is 17.5 Å². The second kappa shape index (κ2) is 8.09. The van der Waals surface area contributed by atoms with E-state index in [1.165, 1.54) is 32.5 Å². The van der Waals surface area contributed by atoms with Gasteiger partial charge in [0.05, 0.1) is 0 Å². The summed E-state index contributed by atoms with van der Waals surface area (Å²) in [5.41, 5.74) is 2.13. The number of aromatic nitrogens is 2. The molecule has 0 radical (unpaired) electrons. The lowest BCUT2D eigenvalue weighted by Gasteiger charge is -2.37. The third-order valence-electron chi connectivity index (χ3n) is 4.60. The summed E-state index contributed by atoms with van der Waals surface area (Å²) in [4.78, 5) is 14.1. The number of aryl methyl sites for hydroxylation is 2. The van der Waals surface area contributed by atoms with Gasteiger partial charge in [0.15, 0.2) is 0 Å². The lowest BCUT2D eigenvalue weighted by atomic mass is 9.97. The molecule has 1 N–H and O–H groups in total. The number of halogens is 1. The monoisotopic (exact) mass is 325 g/mol. The fourth-order valence-electron chi connectivity index (χ4n) is 3.41. The van der Waals surface area contributed by atoms with Crippen molar-refractivity contribution in [2.45, 2.75) is 26.7 Å². The van der Waals surface area contributed by atoms with Gasteiger partial charge in [0.1, 0.15) is 0 Å². The molecule has 1 aromatic rings. The van der Waals surface area contributed by atoms with E-state index in [0.717, 1.165) is 49.4 Å². The van der Waals surface area contributed by atoms with Gasteiger partial charge in [-0.3, -0.25) is 4.90 Å². The van der Waals surface area contributed by atoms with Crippen molar-refractivity contribution in [3.63, 3.8) is 0 Å². The molecule has 124 valence electrons. The summed E-state index contributed by atoms with van der Waals surface area (Å²) >= 11 is 0. The predicted octanol–water partition coefficient (Wildman–Crippen LogP) is 1.64. The minimum atomic E-state index is 0. The SMILES string of the molecule is Cc1cc(C)nc(N2CCN(CC3CCNCC3)CC2)n1.Cl. The first kappa shape index (κ1) is 17.4. The third kappa shape index (κ3) is 4.54. The summed E-state index contributed by atoms with van der Waals surface area (Å²) in [7, 11) is 0. The van der Waals surface area contributed by atoms with Gasteiger partial charge in [-0.25, -0.2) is 9.97 Å². The first-order valence-electron chi connectivity index (χ1n) is 8.21. The Morgan fingerprint density at radius 1 is 1.05 bits per heavy atom. The van der Waals surface area contributed by atoms with Crippen LogP contribution in [0, 0.1) is 19.8 Å². The van der Waals surface area contributed by atoms with E-state index in [1.807, 2.05) is 19.9 Å². The molecule has 0 spiro atoms. The van der Waals surface area contributed by atoms with Crippen LogP contribution in [0.5, 0.6) is 0 Å². The molecule has 5 nitrogen and oxygen atoms in total.